The molecule has 3 aromatic rings. The van der Waals surface area contributed by atoms with Crippen molar-refractivity contribution < 1.29 is 4.79 Å². The topological polar surface area (TPSA) is 44.9 Å². The van der Waals surface area contributed by atoms with E-state index in [1.54, 1.807) is 0 Å². The van der Waals surface area contributed by atoms with E-state index in [1.165, 1.54) is 29.5 Å². The first-order valence-electron chi connectivity index (χ1n) is 8.26. The molecule has 0 aliphatic heterocycles. The van der Waals surface area contributed by atoms with E-state index in [1.807, 2.05) is 13.1 Å². The van der Waals surface area contributed by atoms with E-state index in [4.69, 9.17) is 0 Å². The second-order valence-corrected chi connectivity index (χ2v) is 6.26. The summed E-state index contributed by atoms with van der Waals surface area (Å²) in [6.07, 6.45) is 4.97. The highest BCUT2D eigenvalue weighted by molar-refractivity contribution is 6.02. The lowest BCUT2D eigenvalue weighted by atomic mass is 10.00. The summed E-state index contributed by atoms with van der Waals surface area (Å²) >= 11 is 0. The molecule has 1 amide bonds. The number of aromatic nitrogens is 1. The molecule has 0 atom stereocenters. The average Bonchev–Trinajstić information content (AvgIpc) is 3.37. The van der Waals surface area contributed by atoms with Gasteiger partial charge in [0.2, 0.25) is 5.91 Å². The van der Waals surface area contributed by atoms with Crippen LogP contribution in [0.15, 0.2) is 48.7 Å². The van der Waals surface area contributed by atoms with Gasteiger partial charge in [0.05, 0.1) is 5.69 Å². The molecule has 1 aliphatic rings. The predicted octanol–water partition coefficient (Wildman–Crippen LogP) is 5.06. The average molecular weight is 304 g/mol. The fraction of sp³-hybridized carbons (Fsp3) is 0.250. The van der Waals surface area contributed by atoms with Crippen LogP contribution in [0.1, 0.15) is 37.7 Å². The number of anilines is 1. The number of rotatable bonds is 4. The molecule has 0 unspecified atom stereocenters. The van der Waals surface area contributed by atoms with Crippen LogP contribution in [-0.4, -0.2) is 10.9 Å². The predicted molar refractivity (Wildman–Crippen MR) is 94.6 cm³/mol. The molecule has 2 aromatic carbocycles. The Hall–Kier alpha value is -2.55. The zero-order valence-electron chi connectivity index (χ0n) is 13.2. The van der Waals surface area contributed by atoms with Gasteiger partial charge in [0, 0.05) is 23.5 Å². The first-order chi connectivity index (χ1) is 11.2. The van der Waals surface area contributed by atoms with Crippen LogP contribution in [0, 0.1) is 0 Å². The number of hydrogen-bond acceptors (Lipinski definition) is 1. The van der Waals surface area contributed by atoms with Gasteiger partial charge < -0.3 is 10.3 Å². The maximum Gasteiger partial charge on any atom is 0.224 e. The van der Waals surface area contributed by atoms with E-state index >= 15 is 0 Å². The lowest BCUT2D eigenvalue weighted by Crippen LogP contribution is -2.08. The second-order valence-electron chi connectivity index (χ2n) is 6.26. The summed E-state index contributed by atoms with van der Waals surface area (Å²) in [4.78, 5) is 14.9. The van der Waals surface area contributed by atoms with E-state index in [0.29, 0.717) is 6.42 Å². The van der Waals surface area contributed by atoms with Crippen LogP contribution in [0.3, 0.4) is 0 Å². The first kappa shape index (κ1) is 14.1. The molecule has 1 aromatic heterocycles. The third-order valence-electron chi connectivity index (χ3n) is 4.55. The highest BCUT2D eigenvalue weighted by Gasteiger charge is 2.23. The smallest absolute Gasteiger partial charge is 0.224 e. The fourth-order valence-corrected chi connectivity index (χ4v) is 3.03. The SMILES string of the molecule is CCC(=O)Nc1c[nH]c2ccc(-c3cccc(C4CC4)c3)cc12. The Kier molecular flexibility index (Phi) is 3.41. The molecular weight excluding hydrogens is 284 g/mol. The molecule has 4 rings (SSSR count). The number of aromatic amines is 1. The van der Waals surface area contributed by atoms with Gasteiger partial charge >= 0.3 is 0 Å². The van der Waals surface area contributed by atoms with Crippen molar-refractivity contribution in [2.75, 3.05) is 5.32 Å². The molecule has 3 nitrogen and oxygen atoms in total. The van der Waals surface area contributed by atoms with Crippen molar-refractivity contribution in [1.82, 2.24) is 4.98 Å². The van der Waals surface area contributed by atoms with Gasteiger partial charge in [0.15, 0.2) is 0 Å². The van der Waals surface area contributed by atoms with E-state index in [9.17, 15) is 4.79 Å². The van der Waals surface area contributed by atoms with E-state index in [2.05, 4.69) is 52.8 Å². The van der Waals surface area contributed by atoms with Crippen molar-refractivity contribution in [1.29, 1.82) is 0 Å². The van der Waals surface area contributed by atoms with Crippen molar-refractivity contribution in [3.05, 3.63) is 54.2 Å². The number of carbonyl (C=O) groups excluding carboxylic acids is 1. The maximum absolute atomic E-state index is 11.7. The Morgan fingerprint density at radius 3 is 2.78 bits per heavy atom. The molecular formula is C20H20N2O. The van der Waals surface area contributed by atoms with E-state index < -0.39 is 0 Å². The molecule has 0 radical (unpaired) electrons. The second kappa shape index (κ2) is 5.58. The van der Waals surface area contributed by atoms with Crippen LogP contribution in [0.4, 0.5) is 5.69 Å². The summed E-state index contributed by atoms with van der Waals surface area (Å²) in [6.45, 7) is 1.86. The number of carbonyl (C=O) groups is 1. The highest BCUT2D eigenvalue weighted by atomic mass is 16.1. The summed E-state index contributed by atoms with van der Waals surface area (Å²) in [7, 11) is 0. The Morgan fingerprint density at radius 1 is 1.17 bits per heavy atom. The molecule has 3 heteroatoms. The Balaban J connectivity index is 1.74. The summed E-state index contributed by atoms with van der Waals surface area (Å²) in [6, 6.07) is 15.2. The molecule has 23 heavy (non-hydrogen) atoms. The minimum absolute atomic E-state index is 0.0343. The standard InChI is InChI=1S/C20H20N2O/c1-2-20(23)22-19-12-21-18-9-8-16(11-17(18)19)15-5-3-4-14(10-15)13-6-7-13/h3-5,8-13,21H,2,6-7H2,1H3,(H,22,23). The number of benzene rings is 2. The highest BCUT2D eigenvalue weighted by Crippen LogP contribution is 2.41. The molecule has 2 N–H and O–H groups in total. The zero-order valence-corrected chi connectivity index (χ0v) is 13.2. The molecule has 1 heterocycles. The van der Waals surface area contributed by atoms with E-state index in [-0.39, 0.29) is 5.91 Å². The van der Waals surface area contributed by atoms with Crippen LogP contribution in [0.5, 0.6) is 0 Å². The van der Waals surface area contributed by atoms with Gasteiger partial charge in [-0.3, -0.25) is 4.79 Å². The fourth-order valence-electron chi connectivity index (χ4n) is 3.03. The molecule has 0 spiro atoms. The molecule has 0 bridgehead atoms. The molecule has 1 fully saturated rings. The minimum Gasteiger partial charge on any atom is -0.359 e. The molecule has 116 valence electrons. The lowest BCUT2D eigenvalue weighted by molar-refractivity contribution is -0.115. The molecule has 1 saturated carbocycles. The van der Waals surface area contributed by atoms with Crippen molar-refractivity contribution in [2.24, 2.45) is 0 Å². The number of fused-ring (bicyclic) bond motifs is 1. The lowest BCUT2D eigenvalue weighted by Gasteiger charge is -2.06. The number of nitrogens with one attached hydrogen (secondary N) is 2. The zero-order chi connectivity index (χ0) is 15.8. The van der Waals surface area contributed by atoms with Crippen molar-refractivity contribution >= 4 is 22.5 Å². The summed E-state index contributed by atoms with van der Waals surface area (Å²) in [5.74, 6) is 0.789. The van der Waals surface area contributed by atoms with Crippen molar-refractivity contribution in [3.63, 3.8) is 0 Å². The summed E-state index contributed by atoms with van der Waals surface area (Å²) in [5.41, 5.74) is 5.76. The minimum atomic E-state index is 0.0343. The third-order valence-corrected chi connectivity index (χ3v) is 4.55. The van der Waals surface area contributed by atoms with Crippen LogP contribution in [0.25, 0.3) is 22.0 Å². The molecule has 1 aliphatic carbocycles. The normalized spacial score (nSPS) is 14.1. The van der Waals surface area contributed by atoms with Gasteiger partial charge in [-0.15, -0.1) is 0 Å². The van der Waals surface area contributed by atoms with Crippen LogP contribution < -0.4 is 5.32 Å². The van der Waals surface area contributed by atoms with Crippen molar-refractivity contribution in [3.8, 4) is 11.1 Å². The number of amides is 1. The largest absolute Gasteiger partial charge is 0.359 e. The van der Waals surface area contributed by atoms with E-state index in [0.717, 1.165) is 22.5 Å². The van der Waals surface area contributed by atoms with Gasteiger partial charge in [-0.25, -0.2) is 0 Å². The van der Waals surface area contributed by atoms with Gasteiger partial charge in [-0.05, 0) is 47.6 Å². The quantitative estimate of drug-likeness (QED) is 0.695. The first-order valence-corrected chi connectivity index (χ1v) is 8.26. The third kappa shape index (κ3) is 2.74. The maximum atomic E-state index is 11.7. The summed E-state index contributed by atoms with van der Waals surface area (Å²) in [5, 5.41) is 4.02. The van der Waals surface area contributed by atoms with Gasteiger partial charge in [0.25, 0.3) is 0 Å². The van der Waals surface area contributed by atoms with Crippen LogP contribution in [0.2, 0.25) is 0 Å². The Morgan fingerprint density at radius 2 is 2.00 bits per heavy atom. The molecule has 0 saturated heterocycles. The van der Waals surface area contributed by atoms with Gasteiger partial charge in [-0.2, -0.15) is 0 Å². The van der Waals surface area contributed by atoms with Gasteiger partial charge in [0.1, 0.15) is 0 Å². The van der Waals surface area contributed by atoms with Crippen LogP contribution in [-0.2, 0) is 4.79 Å². The van der Waals surface area contributed by atoms with Gasteiger partial charge in [-0.1, -0.05) is 37.3 Å². The Labute approximate surface area is 135 Å². The Bertz CT molecular complexity index is 874. The monoisotopic (exact) mass is 304 g/mol. The van der Waals surface area contributed by atoms with Crippen molar-refractivity contribution in [2.45, 2.75) is 32.1 Å². The summed E-state index contributed by atoms with van der Waals surface area (Å²) < 4.78 is 0. The number of hydrogen-bond donors (Lipinski definition) is 2. The number of H-pyrrole nitrogens is 1. The van der Waals surface area contributed by atoms with Crippen LogP contribution >= 0.6 is 0 Å².